The zero-order valence-corrected chi connectivity index (χ0v) is 22.2. The molecular formula is C30H42N2O3. The van der Waals surface area contributed by atoms with Crippen LogP contribution in [0.5, 0.6) is 0 Å². The van der Waals surface area contributed by atoms with Gasteiger partial charge in [0, 0.05) is 18.3 Å². The first-order valence-electron chi connectivity index (χ1n) is 12.7. The minimum absolute atomic E-state index is 0.148. The normalized spacial score (nSPS) is 13.6. The van der Waals surface area contributed by atoms with E-state index in [1.807, 2.05) is 46.8 Å². The van der Waals surface area contributed by atoms with E-state index < -0.39 is 12.2 Å². The van der Waals surface area contributed by atoms with E-state index in [1.54, 1.807) is 0 Å². The molecule has 5 nitrogen and oxygen atoms in total. The van der Waals surface area contributed by atoms with Crippen molar-refractivity contribution < 1.29 is 14.6 Å². The van der Waals surface area contributed by atoms with Crippen molar-refractivity contribution in [2.45, 2.75) is 79.4 Å². The zero-order chi connectivity index (χ0) is 26.0. The molecule has 0 aliphatic rings. The minimum atomic E-state index is -0.595. The summed E-state index contributed by atoms with van der Waals surface area (Å²) in [6, 6.07) is 14.5. The molecule has 0 aromatic heterocycles. The SMILES string of the molecule is CCCC(C)C(O)COC(CC)C(=O)NC(Cc1ccc(-c2ccc(C=N)c(C)c2)cc1)=C(C)C. The summed E-state index contributed by atoms with van der Waals surface area (Å²) < 4.78 is 5.81. The second kappa shape index (κ2) is 14.0. The predicted octanol–water partition coefficient (Wildman–Crippen LogP) is 6.20. The number of carbonyl (C=O) groups excluding carboxylic acids is 1. The van der Waals surface area contributed by atoms with Crippen molar-refractivity contribution in [3.63, 3.8) is 0 Å². The number of amides is 1. The van der Waals surface area contributed by atoms with Crippen LogP contribution in [-0.2, 0) is 16.0 Å². The van der Waals surface area contributed by atoms with E-state index in [4.69, 9.17) is 10.1 Å². The molecular weight excluding hydrogens is 436 g/mol. The Labute approximate surface area is 211 Å². The maximum atomic E-state index is 12.9. The number of hydrogen-bond acceptors (Lipinski definition) is 4. The van der Waals surface area contributed by atoms with E-state index in [1.165, 1.54) is 6.21 Å². The Bertz CT molecular complexity index is 1010. The molecule has 0 radical (unpaired) electrons. The number of hydrogen-bond donors (Lipinski definition) is 3. The van der Waals surface area contributed by atoms with Gasteiger partial charge in [0.05, 0.1) is 12.7 Å². The van der Waals surface area contributed by atoms with Crippen molar-refractivity contribution >= 4 is 12.1 Å². The second-order valence-corrected chi connectivity index (χ2v) is 9.62. The van der Waals surface area contributed by atoms with Crippen LogP contribution in [0.4, 0.5) is 0 Å². The Morgan fingerprint density at radius 2 is 1.77 bits per heavy atom. The largest absolute Gasteiger partial charge is 0.390 e. The highest BCUT2D eigenvalue weighted by Gasteiger charge is 2.22. The van der Waals surface area contributed by atoms with Gasteiger partial charge in [-0.1, -0.05) is 75.2 Å². The average molecular weight is 479 g/mol. The van der Waals surface area contributed by atoms with E-state index in [-0.39, 0.29) is 18.4 Å². The van der Waals surface area contributed by atoms with Crippen molar-refractivity contribution in [3.8, 4) is 11.1 Å². The van der Waals surface area contributed by atoms with Crippen LogP contribution in [0.2, 0.25) is 0 Å². The Morgan fingerprint density at radius 1 is 1.11 bits per heavy atom. The second-order valence-electron chi connectivity index (χ2n) is 9.62. The molecule has 3 unspecified atom stereocenters. The summed E-state index contributed by atoms with van der Waals surface area (Å²) in [7, 11) is 0. The smallest absolute Gasteiger partial charge is 0.253 e. The van der Waals surface area contributed by atoms with Gasteiger partial charge in [-0.05, 0) is 67.3 Å². The fourth-order valence-electron chi connectivity index (χ4n) is 4.02. The third-order valence-electron chi connectivity index (χ3n) is 6.50. The van der Waals surface area contributed by atoms with Crippen molar-refractivity contribution in [1.82, 2.24) is 5.32 Å². The Morgan fingerprint density at radius 3 is 2.31 bits per heavy atom. The first kappa shape index (κ1) is 28.5. The van der Waals surface area contributed by atoms with Crippen LogP contribution in [0.1, 0.15) is 70.6 Å². The lowest BCUT2D eigenvalue weighted by molar-refractivity contribution is -0.135. The number of allylic oxidation sites excluding steroid dienone is 2. The first-order chi connectivity index (χ1) is 16.7. The number of ether oxygens (including phenoxy) is 1. The topological polar surface area (TPSA) is 82.4 Å². The molecule has 2 aromatic rings. The van der Waals surface area contributed by atoms with Gasteiger partial charge in [0.15, 0.2) is 0 Å². The van der Waals surface area contributed by atoms with Gasteiger partial charge in [-0.2, -0.15) is 0 Å². The molecule has 0 saturated heterocycles. The summed E-state index contributed by atoms with van der Waals surface area (Å²) >= 11 is 0. The molecule has 35 heavy (non-hydrogen) atoms. The minimum Gasteiger partial charge on any atom is -0.390 e. The van der Waals surface area contributed by atoms with Crippen LogP contribution in [0.3, 0.4) is 0 Å². The molecule has 0 bridgehead atoms. The van der Waals surface area contributed by atoms with Crippen LogP contribution in [0.25, 0.3) is 11.1 Å². The Balaban J connectivity index is 2.03. The van der Waals surface area contributed by atoms with Crippen LogP contribution in [0, 0.1) is 18.3 Å². The summed E-state index contributed by atoms with van der Waals surface area (Å²) in [5, 5.41) is 20.9. The third kappa shape index (κ3) is 8.44. The number of aliphatic hydroxyl groups excluding tert-OH is 1. The van der Waals surface area contributed by atoms with E-state index in [9.17, 15) is 9.90 Å². The van der Waals surface area contributed by atoms with Crippen molar-refractivity contribution in [1.29, 1.82) is 5.41 Å². The molecule has 2 aromatic carbocycles. The molecule has 190 valence electrons. The average Bonchev–Trinajstić information content (AvgIpc) is 2.84. The predicted molar refractivity (Wildman–Crippen MR) is 145 cm³/mol. The first-order valence-corrected chi connectivity index (χ1v) is 12.7. The number of aryl methyl sites for hydroxylation is 1. The standard InChI is InChI=1S/C30H42N2O3/c1-7-9-21(5)28(33)19-35-29(8-2)30(34)32-27(20(3)4)17-23-10-12-24(13-11-23)25-14-15-26(18-31)22(6)16-25/h10-16,18,21,28-29,31,33H,7-9,17,19H2,1-6H3,(H,32,34). The van der Waals surface area contributed by atoms with Crippen LogP contribution < -0.4 is 5.32 Å². The van der Waals surface area contributed by atoms with E-state index in [2.05, 4.69) is 42.6 Å². The van der Waals surface area contributed by atoms with Crippen LogP contribution in [0.15, 0.2) is 53.7 Å². The summed E-state index contributed by atoms with van der Waals surface area (Å²) in [4.78, 5) is 12.9. The van der Waals surface area contributed by atoms with Gasteiger partial charge in [-0.15, -0.1) is 0 Å². The summed E-state index contributed by atoms with van der Waals surface area (Å²) in [6.07, 6.45) is 3.32. The molecule has 1 amide bonds. The van der Waals surface area contributed by atoms with Gasteiger partial charge in [-0.25, -0.2) is 0 Å². The molecule has 5 heteroatoms. The summed E-state index contributed by atoms with van der Waals surface area (Å²) in [6.45, 7) is 12.2. The highest BCUT2D eigenvalue weighted by molar-refractivity contribution is 5.82. The monoisotopic (exact) mass is 478 g/mol. The lowest BCUT2D eigenvalue weighted by Gasteiger charge is -2.23. The quantitative estimate of drug-likeness (QED) is 0.300. The molecule has 2 rings (SSSR count). The fraction of sp³-hybridized carbons (Fsp3) is 0.467. The van der Waals surface area contributed by atoms with Crippen molar-refractivity contribution in [2.75, 3.05) is 6.61 Å². The van der Waals surface area contributed by atoms with Gasteiger partial charge in [0.1, 0.15) is 6.10 Å². The molecule has 0 heterocycles. The Kier molecular flexibility index (Phi) is 11.4. The lowest BCUT2D eigenvalue weighted by Crippen LogP contribution is -2.38. The lowest BCUT2D eigenvalue weighted by atomic mass is 9.98. The fourth-order valence-corrected chi connectivity index (χ4v) is 4.02. The maximum Gasteiger partial charge on any atom is 0.253 e. The molecule has 0 fully saturated rings. The molecule has 0 saturated carbocycles. The maximum absolute atomic E-state index is 12.9. The summed E-state index contributed by atoms with van der Waals surface area (Å²) in [5.74, 6) is -0.0211. The highest BCUT2D eigenvalue weighted by Crippen LogP contribution is 2.23. The number of rotatable bonds is 13. The molecule has 3 N–H and O–H groups in total. The van der Waals surface area contributed by atoms with Crippen LogP contribution in [-0.4, -0.2) is 36.0 Å². The zero-order valence-electron chi connectivity index (χ0n) is 22.2. The van der Waals surface area contributed by atoms with Gasteiger partial charge < -0.3 is 20.6 Å². The van der Waals surface area contributed by atoms with Gasteiger partial charge in [-0.3, -0.25) is 4.79 Å². The number of nitrogens with one attached hydrogen (secondary N) is 2. The number of aliphatic hydroxyl groups is 1. The molecule has 0 spiro atoms. The van der Waals surface area contributed by atoms with E-state index >= 15 is 0 Å². The number of carbonyl (C=O) groups is 1. The van der Waals surface area contributed by atoms with Gasteiger partial charge >= 0.3 is 0 Å². The third-order valence-corrected chi connectivity index (χ3v) is 6.50. The van der Waals surface area contributed by atoms with Gasteiger partial charge in [0.25, 0.3) is 5.91 Å². The van der Waals surface area contributed by atoms with Gasteiger partial charge in [0.2, 0.25) is 0 Å². The van der Waals surface area contributed by atoms with Crippen LogP contribution >= 0.6 is 0 Å². The van der Waals surface area contributed by atoms with Crippen molar-refractivity contribution in [3.05, 3.63) is 70.4 Å². The summed E-state index contributed by atoms with van der Waals surface area (Å²) in [5.41, 5.74) is 7.27. The van der Waals surface area contributed by atoms with E-state index in [0.717, 1.165) is 51.9 Å². The number of benzene rings is 2. The highest BCUT2D eigenvalue weighted by atomic mass is 16.5. The molecule has 3 atom stereocenters. The van der Waals surface area contributed by atoms with Crippen molar-refractivity contribution in [2.24, 2.45) is 5.92 Å². The van der Waals surface area contributed by atoms with E-state index in [0.29, 0.717) is 12.8 Å². The molecule has 0 aliphatic heterocycles. The molecule has 0 aliphatic carbocycles. The Hall–Kier alpha value is -2.76.